The summed E-state index contributed by atoms with van der Waals surface area (Å²) in [5.74, 6) is 1.12. The minimum absolute atomic E-state index is 0.217. The molecule has 0 spiro atoms. The van der Waals surface area contributed by atoms with Gasteiger partial charge in [-0.3, -0.25) is 4.79 Å². The van der Waals surface area contributed by atoms with Gasteiger partial charge in [-0.05, 0) is 26.1 Å². The Morgan fingerprint density at radius 3 is 2.50 bits per heavy atom. The molecule has 0 atom stereocenters. The van der Waals surface area contributed by atoms with E-state index in [2.05, 4.69) is 19.6 Å². The first-order valence-electron chi connectivity index (χ1n) is 4.40. The highest BCUT2D eigenvalue weighted by atomic mass is 28.4. The van der Waals surface area contributed by atoms with Crippen LogP contribution in [-0.2, 0) is 9.22 Å². The average Bonchev–Trinajstić information content (AvgIpc) is 1.82. The molecule has 2 nitrogen and oxygen atoms in total. The van der Waals surface area contributed by atoms with Crippen LogP contribution in [-0.4, -0.2) is 14.1 Å². The van der Waals surface area contributed by atoms with Gasteiger partial charge < -0.3 is 4.43 Å². The van der Waals surface area contributed by atoms with Gasteiger partial charge in [-0.2, -0.15) is 0 Å². The quantitative estimate of drug-likeness (QED) is 0.616. The fourth-order valence-electron chi connectivity index (χ4n) is 1.23. The van der Waals surface area contributed by atoms with Crippen LogP contribution in [0.1, 0.15) is 19.3 Å². The second-order valence-electron chi connectivity index (χ2n) is 4.14. The summed E-state index contributed by atoms with van der Waals surface area (Å²) < 4.78 is 5.73. The molecule has 1 aliphatic rings. The highest BCUT2D eigenvalue weighted by Gasteiger charge is 2.20. The highest BCUT2D eigenvalue weighted by Crippen LogP contribution is 2.20. The average molecular weight is 184 g/mol. The third-order valence-electron chi connectivity index (χ3n) is 1.61. The van der Waals surface area contributed by atoms with E-state index >= 15 is 0 Å². The molecular formula is C9H16O2Si. The Labute approximate surface area is 74.7 Å². The molecule has 0 aromatic heterocycles. The summed E-state index contributed by atoms with van der Waals surface area (Å²) in [5.41, 5.74) is 0. The van der Waals surface area contributed by atoms with Gasteiger partial charge in [-0.15, -0.1) is 0 Å². The molecule has 0 heterocycles. The molecule has 0 bridgehead atoms. The Bertz CT molecular complexity index is 213. The van der Waals surface area contributed by atoms with Crippen LogP contribution in [0.5, 0.6) is 0 Å². The van der Waals surface area contributed by atoms with Crippen molar-refractivity contribution in [2.24, 2.45) is 0 Å². The van der Waals surface area contributed by atoms with Crippen molar-refractivity contribution in [3.63, 3.8) is 0 Å². The molecule has 0 saturated heterocycles. The summed E-state index contributed by atoms with van der Waals surface area (Å²) in [7, 11) is -1.49. The zero-order valence-corrected chi connectivity index (χ0v) is 9.02. The Kier molecular flexibility index (Phi) is 2.72. The monoisotopic (exact) mass is 184 g/mol. The number of ketones is 1. The Balaban J connectivity index is 2.57. The number of rotatable bonds is 2. The van der Waals surface area contributed by atoms with E-state index in [9.17, 15) is 4.79 Å². The first-order valence-corrected chi connectivity index (χ1v) is 7.81. The molecule has 0 saturated carbocycles. The number of hydrogen-bond donors (Lipinski definition) is 0. The van der Waals surface area contributed by atoms with Crippen LogP contribution in [0.3, 0.4) is 0 Å². The van der Waals surface area contributed by atoms with E-state index in [1.54, 1.807) is 6.08 Å². The summed E-state index contributed by atoms with van der Waals surface area (Å²) >= 11 is 0. The number of carbonyl (C=O) groups is 1. The number of hydrogen-bond acceptors (Lipinski definition) is 2. The molecule has 0 radical (unpaired) electrons. The van der Waals surface area contributed by atoms with Crippen molar-refractivity contribution in [3.8, 4) is 0 Å². The van der Waals surface area contributed by atoms with Gasteiger partial charge >= 0.3 is 0 Å². The Morgan fingerprint density at radius 1 is 1.33 bits per heavy atom. The summed E-state index contributed by atoms with van der Waals surface area (Å²) in [6.07, 6.45) is 4.26. The summed E-state index contributed by atoms with van der Waals surface area (Å²) in [6, 6.07) is 0. The van der Waals surface area contributed by atoms with Crippen LogP contribution in [0.4, 0.5) is 0 Å². The molecule has 0 fully saturated rings. The van der Waals surface area contributed by atoms with Crippen molar-refractivity contribution in [2.75, 3.05) is 0 Å². The van der Waals surface area contributed by atoms with E-state index in [0.29, 0.717) is 6.42 Å². The van der Waals surface area contributed by atoms with Crippen LogP contribution in [0.2, 0.25) is 19.6 Å². The first-order chi connectivity index (χ1) is 5.47. The smallest absolute Gasteiger partial charge is 0.241 e. The maximum absolute atomic E-state index is 11.0. The SMILES string of the molecule is C[Si](C)(C)OC1=CC(=O)CCC1. The molecule has 0 aliphatic heterocycles. The highest BCUT2D eigenvalue weighted by molar-refractivity contribution is 6.70. The molecule has 1 aliphatic carbocycles. The first kappa shape index (κ1) is 9.51. The lowest BCUT2D eigenvalue weighted by Crippen LogP contribution is -2.26. The lowest BCUT2D eigenvalue weighted by atomic mass is 10.1. The number of allylic oxidation sites excluding steroid dienone is 2. The van der Waals surface area contributed by atoms with Crippen molar-refractivity contribution >= 4 is 14.1 Å². The van der Waals surface area contributed by atoms with Gasteiger partial charge in [0.25, 0.3) is 0 Å². The van der Waals surface area contributed by atoms with Crippen molar-refractivity contribution in [2.45, 2.75) is 38.9 Å². The maximum Gasteiger partial charge on any atom is 0.241 e. The lowest BCUT2D eigenvalue weighted by molar-refractivity contribution is -0.115. The molecule has 3 heteroatoms. The van der Waals surface area contributed by atoms with Gasteiger partial charge in [0.15, 0.2) is 5.78 Å². The molecule has 0 aromatic carbocycles. The zero-order chi connectivity index (χ0) is 9.19. The fraction of sp³-hybridized carbons (Fsp3) is 0.667. The van der Waals surface area contributed by atoms with E-state index in [1.807, 2.05) is 0 Å². The molecule has 0 N–H and O–H groups in total. The van der Waals surface area contributed by atoms with E-state index in [-0.39, 0.29) is 5.78 Å². The van der Waals surface area contributed by atoms with Crippen molar-refractivity contribution in [3.05, 3.63) is 11.8 Å². The van der Waals surface area contributed by atoms with Crippen LogP contribution in [0.25, 0.3) is 0 Å². The van der Waals surface area contributed by atoms with Gasteiger partial charge in [-0.1, -0.05) is 0 Å². The topological polar surface area (TPSA) is 26.3 Å². The summed E-state index contributed by atoms with van der Waals surface area (Å²) in [5, 5.41) is 0. The Morgan fingerprint density at radius 2 is 2.00 bits per heavy atom. The third-order valence-corrected chi connectivity index (χ3v) is 2.48. The van der Waals surface area contributed by atoms with Gasteiger partial charge in [-0.25, -0.2) is 0 Å². The molecule has 68 valence electrons. The van der Waals surface area contributed by atoms with Crippen LogP contribution in [0.15, 0.2) is 11.8 Å². The van der Waals surface area contributed by atoms with Gasteiger partial charge in [0.1, 0.15) is 0 Å². The maximum atomic E-state index is 11.0. The third kappa shape index (κ3) is 3.22. The molecule has 0 amide bonds. The summed E-state index contributed by atoms with van der Waals surface area (Å²) in [6.45, 7) is 6.40. The van der Waals surface area contributed by atoms with Crippen LogP contribution in [0, 0.1) is 0 Å². The summed E-state index contributed by atoms with van der Waals surface area (Å²) in [4.78, 5) is 11.0. The predicted molar refractivity (Wildman–Crippen MR) is 51.4 cm³/mol. The van der Waals surface area contributed by atoms with E-state index in [1.165, 1.54) is 0 Å². The molecule has 12 heavy (non-hydrogen) atoms. The van der Waals surface area contributed by atoms with E-state index < -0.39 is 8.32 Å². The van der Waals surface area contributed by atoms with Crippen molar-refractivity contribution in [1.82, 2.24) is 0 Å². The second-order valence-corrected chi connectivity index (χ2v) is 8.57. The van der Waals surface area contributed by atoms with Crippen LogP contribution >= 0.6 is 0 Å². The Hall–Kier alpha value is -0.573. The standard InChI is InChI=1S/C9H16O2Si/c1-12(2,3)11-9-6-4-5-8(10)7-9/h7H,4-6H2,1-3H3. The van der Waals surface area contributed by atoms with Crippen LogP contribution < -0.4 is 0 Å². The largest absolute Gasteiger partial charge is 0.547 e. The predicted octanol–water partition coefficient (Wildman–Crippen LogP) is 2.47. The zero-order valence-electron chi connectivity index (χ0n) is 8.02. The molecule has 0 aromatic rings. The van der Waals surface area contributed by atoms with Crippen molar-refractivity contribution in [1.29, 1.82) is 0 Å². The van der Waals surface area contributed by atoms with E-state index in [4.69, 9.17) is 4.43 Å². The second kappa shape index (κ2) is 3.43. The minimum atomic E-state index is -1.49. The van der Waals surface area contributed by atoms with Gasteiger partial charge in [0.05, 0.1) is 5.76 Å². The lowest BCUT2D eigenvalue weighted by Gasteiger charge is -2.23. The van der Waals surface area contributed by atoms with E-state index in [0.717, 1.165) is 18.6 Å². The van der Waals surface area contributed by atoms with Gasteiger partial charge in [0.2, 0.25) is 8.32 Å². The normalized spacial score (nSPS) is 18.9. The molecule has 1 rings (SSSR count). The number of carbonyl (C=O) groups excluding carboxylic acids is 1. The van der Waals surface area contributed by atoms with Gasteiger partial charge in [0, 0.05) is 18.9 Å². The molecule has 0 unspecified atom stereocenters. The minimum Gasteiger partial charge on any atom is -0.547 e. The van der Waals surface area contributed by atoms with Crippen molar-refractivity contribution < 1.29 is 9.22 Å². The fourth-order valence-corrected chi connectivity index (χ4v) is 2.18. The molecular weight excluding hydrogens is 168 g/mol.